The molecule has 0 radical (unpaired) electrons. The molecule has 0 N–H and O–H groups in total. The first-order valence-electron chi connectivity index (χ1n) is 6.75. The number of aryl methyl sites for hydroxylation is 1. The van der Waals surface area contributed by atoms with Gasteiger partial charge in [0.1, 0.15) is 12.4 Å². The lowest BCUT2D eigenvalue weighted by atomic mass is 10.1. The highest BCUT2D eigenvalue weighted by Crippen LogP contribution is 2.29. The Labute approximate surface area is 124 Å². The highest BCUT2D eigenvalue weighted by molar-refractivity contribution is 6.17. The van der Waals surface area contributed by atoms with E-state index in [2.05, 4.69) is 22.0 Å². The van der Waals surface area contributed by atoms with Crippen molar-refractivity contribution in [1.29, 1.82) is 0 Å². The number of halogens is 1. The third-order valence-corrected chi connectivity index (χ3v) is 3.82. The summed E-state index contributed by atoms with van der Waals surface area (Å²) in [6.45, 7) is 4.37. The summed E-state index contributed by atoms with van der Waals surface area (Å²) in [5.74, 6) is 1.45. The molecule has 3 nitrogen and oxygen atoms in total. The molecule has 0 amide bonds. The van der Waals surface area contributed by atoms with E-state index in [9.17, 15) is 0 Å². The fourth-order valence-electron chi connectivity index (χ4n) is 2.50. The number of alkyl halides is 1. The fraction of sp³-hybridized carbons (Fsp3) is 0.312. The van der Waals surface area contributed by atoms with Gasteiger partial charge in [-0.25, -0.2) is 0 Å². The molecule has 1 aliphatic heterocycles. The molecular formula is C16H17ClN2O. The van der Waals surface area contributed by atoms with E-state index < -0.39 is 0 Å². The van der Waals surface area contributed by atoms with Crippen molar-refractivity contribution in [2.45, 2.75) is 19.3 Å². The standard InChI is InChI=1S/C16H17ClN2O/c1-12-8-15(14(9-17)10-18-12)19-6-7-20-16-5-3-2-4-13(16)11-19/h2-5,8,10H,6-7,9,11H2,1H3. The van der Waals surface area contributed by atoms with E-state index in [4.69, 9.17) is 16.3 Å². The van der Waals surface area contributed by atoms with Crippen molar-refractivity contribution in [2.24, 2.45) is 0 Å². The maximum atomic E-state index is 6.05. The quantitative estimate of drug-likeness (QED) is 0.791. The number of nitrogens with zero attached hydrogens (tertiary/aromatic N) is 2. The van der Waals surface area contributed by atoms with Gasteiger partial charge in [-0.3, -0.25) is 4.98 Å². The number of fused-ring (bicyclic) bond motifs is 1. The molecule has 104 valence electrons. The molecule has 1 aromatic heterocycles. The minimum atomic E-state index is 0.474. The van der Waals surface area contributed by atoms with Crippen LogP contribution in [0.1, 0.15) is 16.8 Å². The zero-order valence-corrected chi connectivity index (χ0v) is 12.2. The number of pyridine rings is 1. The van der Waals surface area contributed by atoms with Gasteiger partial charge in [0, 0.05) is 35.2 Å². The molecule has 0 saturated carbocycles. The number of hydrogen-bond donors (Lipinski definition) is 0. The van der Waals surface area contributed by atoms with Gasteiger partial charge >= 0.3 is 0 Å². The Balaban J connectivity index is 1.97. The Bertz CT molecular complexity index is 615. The molecule has 0 fully saturated rings. The van der Waals surface area contributed by atoms with Crippen LogP contribution in [0.2, 0.25) is 0 Å². The summed E-state index contributed by atoms with van der Waals surface area (Å²) in [6, 6.07) is 10.3. The van der Waals surface area contributed by atoms with Crippen LogP contribution in [0.3, 0.4) is 0 Å². The molecule has 0 spiro atoms. The summed E-state index contributed by atoms with van der Waals surface area (Å²) in [6.07, 6.45) is 1.87. The highest BCUT2D eigenvalue weighted by atomic mass is 35.5. The number of hydrogen-bond acceptors (Lipinski definition) is 3. The predicted molar refractivity (Wildman–Crippen MR) is 81.5 cm³/mol. The van der Waals surface area contributed by atoms with Crippen LogP contribution >= 0.6 is 11.6 Å². The molecule has 20 heavy (non-hydrogen) atoms. The largest absolute Gasteiger partial charge is 0.491 e. The molecular weight excluding hydrogens is 272 g/mol. The third kappa shape index (κ3) is 2.59. The lowest BCUT2D eigenvalue weighted by molar-refractivity contribution is 0.331. The van der Waals surface area contributed by atoms with Gasteiger partial charge in [0.25, 0.3) is 0 Å². The molecule has 0 saturated heterocycles. The van der Waals surface area contributed by atoms with Gasteiger partial charge in [-0.1, -0.05) is 18.2 Å². The van der Waals surface area contributed by atoms with E-state index in [0.29, 0.717) is 12.5 Å². The molecule has 4 heteroatoms. The molecule has 2 aromatic rings. The van der Waals surface area contributed by atoms with Crippen molar-refractivity contribution in [3.05, 3.63) is 53.3 Å². The number of benzene rings is 1. The van der Waals surface area contributed by atoms with Crippen molar-refractivity contribution in [2.75, 3.05) is 18.1 Å². The topological polar surface area (TPSA) is 25.4 Å². The predicted octanol–water partition coefficient (Wildman–Crippen LogP) is 3.53. The number of anilines is 1. The normalized spacial score (nSPS) is 14.4. The smallest absolute Gasteiger partial charge is 0.124 e. The van der Waals surface area contributed by atoms with Crippen LogP contribution in [0.15, 0.2) is 36.5 Å². The van der Waals surface area contributed by atoms with Crippen molar-refractivity contribution in [3.63, 3.8) is 0 Å². The third-order valence-electron chi connectivity index (χ3n) is 3.54. The molecule has 0 unspecified atom stereocenters. The first kappa shape index (κ1) is 13.3. The van der Waals surface area contributed by atoms with Crippen LogP contribution in [-0.2, 0) is 12.4 Å². The van der Waals surface area contributed by atoms with Gasteiger partial charge in [0.2, 0.25) is 0 Å². The molecule has 1 aromatic carbocycles. The van der Waals surface area contributed by atoms with Crippen molar-refractivity contribution < 1.29 is 4.74 Å². The molecule has 0 aliphatic carbocycles. The van der Waals surface area contributed by atoms with Crippen molar-refractivity contribution in [1.82, 2.24) is 4.98 Å². The number of rotatable bonds is 2. The van der Waals surface area contributed by atoms with Gasteiger partial charge in [0.15, 0.2) is 0 Å². The van der Waals surface area contributed by atoms with Crippen LogP contribution in [0.4, 0.5) is 5.69 Å². The monoisotopic (exact) mass is 288 g/mol. The van der Waals surface area contributed by atoms with E-state index in [1.165, 1.54) is 5.56 Å². The Morgan fingerprint density at radius 1 is 1.35 bits per heavy atom. The van der Waals surface area contributed by atoms with Crippen LogP contribution in [0.5, 0.6) is 5.75 Å². The van der Waals surface area contributed by atoms with E-state index in [-0.39, 0.29) is 0 Å². The first-order valence-corrected chi connectivity index (χ1v) is 7.28. The first-order chi connectivity index (χ1) is 9.78. The number of ether oxygens (including phenoxy) is 1. The average Bonchev–Trinajstić information content (AvgIpc) is 2.69. The summed E-state index contributed by atoms with van der Waals surface area (Å²) < 4.78 is 5.81. The van der Waals surface area contributed by atoms with Gasteiger partial charge in [-0.15, -0.1) is 11.6 Å². The zero-order chi connectivity index (χ0) is 13.9. The Kier molecular flexibility index (Phi) is 3.79. The number of para-hydroxylation sites is 1. The summed E-state index contributed by atoms with van der Waals surface area (Å²) in [5, 5.41) is 0. The Morgan fingerprint density at radius 3 is 3.05 bits per heavy atom. The van der Waals surface area contributed by atoms with Gasteiger partial charge < -0.3 is 9.64 Å². The maximum absolute atomic E-state index is 6.05. The highest BCUT2D eigenvalue weighted by Gasteiger charge is 2.17. The summed E-state index contributed by atoms with van der Waals surface area (Å²) >= 11 is 6.05. The van der Waals surface area contributed by atoms with Gasteiger partial charge in [-0.05, 0) is 19.1 Å². The van der Waals surface area contributed by atoms with Crippen LogP contribution < -0.4 is 9.64 Å². The van der Waals surface area contributed by atoms with Crippen LogP contribution in [0, 0.1) is 6.92 Å². The van der Waals surface area contributed by atoms with Crippen LogP contribution in [-0.4, -0.2) is 18.1 Å². The lowest BCUT2D eigenvalue weighted by Crippen LogP contribution is -2.26. The minimum absolute atomic E-state index is 0.474. The second-order valence-electron chi connectivity index (χ2n) is 4.97. The summed E-state index contributed by atoms with van der Waals surface area (Å²) in [5.41, 5.74) is 4.44. The molecule has 1 aliphatic rings. The van der Waals surface area contributed by atoms with E-state index >= 15 is 0 Å². The van der Waals surface area contributed by atoms with E-state index in [0.717, 1.165) is 35.8 Å². The summed E-state index contributed by atoms with van der Waals surface area (Å²) in [4.78, 5) is 6.65. The van der Waals surface area contributed by atoms with Gasteiger partial charge in [-0.2, -0.15) is 0 Å². The maximum Gasteiger partial charge on any atom is 0.124 e. The Morgan fingerprint density at radius 2 is 2.20 bits per heavy atom. The second kappa shape index (κ2) is 5.71. The molecule has 0 bridgehead atoms. The van der Waals surface area contributed by atoms with Crippen molar-refractivity contribution >= 4 is 17.3 Å². The fourth-order valence-corrected chi connectivity index (χ4v) is 2.71. The SMILES string of the molecule is Cc1cc(N2CCOc3ccccc3C2)c(CCl)cn1. The van der Waals surface area contributed by atoms with E-state index in [1.54, 1.807) is 0 Å². The van der Waals surface area contributed by atoms with Gasteiger partial charge in [0.05, 0.1) is 12.4 Å². The molecule has 0 atom stereocenters. The zero-order valence-electron chi connectivity index (χ0n) is 11.5. The van der Waals surface area contributed by atoms with Crippen LogP contribution in [0.25, 0.3) is 0 Å². The van der Waals surface area contributed by atoms with Crippen molar-refractivity contribution in [3.8, 4) is 5.75 Å². The lowest BCUT2D eigenvalue weighted by Gasteiger charge is -2.24. The summed E-state index contributed by atoms with van der Waals surface area (Å²) in [7, 11) is 0. The van der Waals surface area contributed by atoms with E-state index in [1.807, 2.05) is 31.3 Å². The minimum Gasteiger partial charge on any atom is -0.491 e. The molecule has 2 heterocycles. The second-order valence-corrected chi connectivity index (χ2v) is 5.23. The molecule has 3 rings (SSSR count). The Hall–Kier alpha value is -1.74. The average molecular weight is 289 g/mol. The number of aromatic nitrogens is 1.